The molecule has 0 spiro atoms. The summed E-state index contributed by atoms with van der Waals surface area (Å²) in [7, 11) is 0. The molecule has 1 nitrogen and oxygen atoms in total. The molecular formula is C66H43N. The molecular weight excluding hydrogens is 807 g/mol. The quantitative estimate of drug-likeness (QED) is 0.151. The number of hydrogen-bond acceptors (Lipinski definition) is 1. The average molecular weight is 850 g/mol. The molecule has 0 N–H and O–H groups in total. The van der Waals surface area contributed by atoms with Crippen LogP contribution in [0.15, 0.2) is 218 Å². The van der Waals surface area contributed by atoms with E-state index in [1.807, 2.05) is 0 Å². The summed E-state index contributed by atoms with van der Waals surface area (Å²) in [6.07, 6.45) is 18.6. The summed E-state index contributed by atoms with van der Waals surface area (Å²) < 4.78 is 0. The molecule has 0 radical (unpaired) electrons. The molecule has 2 unspecified atom stereocenters. The van der Waals surface area contributed by atoms with Gasteiger partial charge < -0.3 is 4.90 Å². The number of rotatable bonds is 6. The van der Waals surface area contributed by atoms with Crippen molar-refractivity contribution >= 4 is 98.9 Å². The molecule has 67 heavy (non-hydrogen) atoms. The molecule has 15 rings (SSSR count). The fourth-order valence-electron chi connectivity index (χ4n) is 12.4. The van der Waals surface area contributed by atoms with Crippen LogP contribution in [-0.2, 0) is 0 Å². The lowest BCUT2D eigenvalue weighted by Gasteiger charge is -2.30. The molecule has 12 aromatic carbocycles. The minimum Gasteiger partial charge on any atom is -0.311 e. The van der Waals surface area contributed by atoms with Gasteiger partial charge in [-0.15, -0.1) is 0 Å². The number of nitrogens with zero attached hydrogens (tertiary/aromatic N) is 1. The minimum absolute atomic E-state index is 0.287. The molecule has 312 valence electrons. The lowest BCUT2D eigenvalue weighted by atomic mass is 9.79. The first-order valence-corrected chi connectivity index (χ1v) is 23.9. The van der Waals surface area contributed by atoms with Gasteiger partial charge in [-0.3, -0.25) is 0 Å². The van der Waals surface area contributed by atoms with E-state index in [0.29, 0.717) is 5.92 Å². The first-order chi connectivity index (χ1) is 33.2. The van der Waals surface area contributed by atoms with Crippen LogP contribution in [0.4, 0.5) is 11.4 Å². The number of hydrogen-bond donors (Lipinski definition) is 0. The molecule has 0 fully saturated rings. The Labute approximate surface area is 388 Å². The highest BCUT2D eigenvalue weighted by molar-refractivity contribution is 6.26. The second-order valence-corrected chi connectivity index (χ2v) is 19.0. The third-order valence-corrected chi connectivity index (χ3v) is 15.6. The maximum absolute atomic E-state index is 2.46. The van der Waals surface area contributed by atoms with Crippen LogP contribution in [0, 0.1) is 0 Å². The highest BCUT2D eigenvalue weighted by Gasteiger charge is 2.24. The van der Waals surface area contributed by atoms with E-state index in [9.17, 15) is 0 Å². The highest BCUT2D eigenvalue weighted by atomic mass is 15.1. The molecule has 0 saturated heterocycles. The summed E-state index contributed by atoms with van der Waals surface area (Å²) >= 11 is 0. The maximum atomic E-state index is 2.46. The fraction of sp³-hybridized carbons (Fsp3) is 0.0606. The monoisotopic (exact) mass is 849 g/mol. The van der Waals surface area contributed by atoms with Crippen molar-refractivity contribution in [1.29, 1.82) is 0 Å². The predicted octanol–water partition coefficient (Wildman–Crippen LogP) is 16.4. The highest BCUT2D eigenvalue weighted by Crippen LogP contribution is 2.44. The zero-order valence-corrected chi connectivity index (χ0v) is 36.9. The molecule has 3 aliphatic carbocycles. The lowest BCUT2D eigenvalue weighted by molar-refractivity contribution is 0.844. The van der Waals surface area contributed by atoms with E-state index >= 15 is 0 Å². The van der Waals surface area contributed by atoms with Gasteiger partial charge >= 0.3 is 0 Å². The lowest BCUT2D eigenvalue weighted by Crippen LogP contribution is -2.23. The summed E-state index contributed by atoms with van der Waals surface area (Å²) in [5.74, 6) is 0.754. The Morgan fingerprint density at radius 1 is 0.373 bits per heavy atom. The van der Waals surface area contributed by atoms with Crippen molar-refractivity contribution < 1.29 is 0 Å². The molecule has 0 saturated carbocycles. The van der Waals surface area contributed by atoms with Gasteiger partial charge in [0.2, 0.25) is 0 Å². The van der Waals surface area contributed by atoms with Gasteiger partial charge in [-0.1, -0.05) is 194 Å². The van der Waals surface area contributed by atoms with Crippen molar-refractivity contribution in [1.82, 2.24) is 0 Å². The van der Waals surface area contributed by atoms with Crippen molar-refractivity contribution in [2.75, 3.05) is 4.90 Å². The van der Waals surface area contributed by atoms with E-state index in [1.54, 1.807) is 0 Å². The Morgan fingerprint density at radius 3 is 1.45 bits per heavy atom. The Balaban J connectivity index is 0.830. The van der Waals surface area contributed by atoms with Crippen LogP contribution in [0.2, 0.25) is 0 Å². The number of allylic oxidation sites excluding steroid dienone is 5. The Kier molecular flexibility index (Phi) is 7.80. The SMILES string of the molecule is C1=CC2CC=c3ccc(C4C=CC(N(c5ccc(-c6ccc7ccc8cccc9ccc6c7c89)cc5)c5ccc(-c6ccc7ccc8cccc9ccc6c7c89)cc5)=CC4)c4ccc(c2c34)=C1. The topological polar surface area (TPSA) is 3.24 Å². The van der Waals surface area contributed by atoms with Crippen LogP contribution in [0.3, 0.4) is 0 Å². The number of anilines is 2. The van der Waals surface area contributed by atoms with E-state index in [1.165, 1.54) is 125 Å². The summed E-state index contributed by atoms with van der Waals surface area (Å²) in [5.41, 5.74) is 11.4. The van der Waals surface area contributed by atoms with Crippen molar-refractivity contribution in [3.8, 4) is 22.3 Å². The van der Waals surface area contributed by atoms with Crippen LogP contribution < -0.4 is 15.3 Å². The molecule has 2 atom stereocenters. The Morgan fingerprint density at radius 2 is 0.881 bits per heavy atom. The zero-order valence-electron chi connectivity index (χ0n) is 36.9. The minimum atomic E-state index is 0.287. The number of benzene rings is 12. The van der Waals surface area contributed by atoms with Crippen LogP contribution in [0.25, 0.3) is 110 Å². The van der Waals surface area contributed by atoms with Gasteiger partial charge in [0.25, 0.3) is 0 Å². The molecule has 12 aromatic rings. The molecule has 0 aliphatic heterocycles. The van der Waals surface area contributed by atoms with E-state index in [2.05, 4.69) is 229 Å². The maximum Gasteiger partial charge on any atom is 0.0461 e. The first-order valence-electron chi connectivity index (χ1n) is 23.9. The molecule has 0 heterocycles. The second kappa shape index (κ2) is 14.1. The van der Waals surface area contributed by atoms with Crippen LogP contribution in [0.1, 0.15) is 35.8 Å². The normalized spacial score (nSPS) is 16.4. The molecule has 0 amide bonds. The summed E-state index contributed by atoms with van der Waals surface area (Å²) in [5, 5.41) is 21.4. The third-order valence-electron chi connectivity index (χ3n) is 15.6. The largest absolute Gasteiger partial charge is 0.311 e. The molecule has 0 aromatic heterocycles. The molecule has 1 heteroatoms. The van der Waals surface area contributed by atoms with Gasteiger partial charge in [0, 0.05) is 28.9 Å². The van der Waals surface area contributed by atoms with Gasteiger partial charge in [0.1, 0.15) is 0 Å². The van der Waals surface area contributed by atoms with Crippen molar-refractivity contribution in [3.05, 3.63) is 240 Å². The Bertz CT molecular complexity index is 4040. The predicted molar refractivity (Wildman–Crippen MR) is 287 cm³/mol. The van der Waals surface area contributed by atoms with Crippen LogP contribution >= 0.6 is 0 Å². The Hall–Kier alpha value is -8.26. The third kappa shape index (κ3) is 5.49. The van der Waals surface area contributed by atoms with E-state index in [4.69, 9.17) is 0 Å². The first kappa shape index (κ1) is 37.0. The average Bonchev–Trinajstić information content (AvgIpc) is 3.39. The van der Waals surface area contributed by atoms with E-state index in [0.717, 1.165) is 24.2 Å². The summed E-state index contributed by atoms with van der Waals surface area (Å²) in [4.78, 5) is 2.45. The smallest absolute Gasteiger partial charge is 0.0461 e. The summed E-state index contributed by atoms with van der Waals surface area (Å²) in [6.45, 7) is 0. The standard InChI is InChI=1S/C66H43N/c1-4-43-10-13-49-22-34-55(58-37-25-46(7-1)61(43)64(49)58)40-16-28-52(29-17-40)67(53-30-18-41(19-31-53)56-35-23-50-14-11-44-5-2-8-47-26-38-59(56)65(50)62(44)47)54-32-20-42(21-33-54)57-36-24-51-15-12-45-6-3-9-48-27-39-60(57)66(51)63(45)48/h1-11,13-20,22-39,42,45H,12,21H2. The van der Waals surface area contributed by atoms with Gasteiger partial charge in [-0.05, 0) is 162 Å². The van der Waals surface area contributed by atoms with Gasteiger partial charge in [-0.25, -0.2) is 0 Å². The van der Waals surface area contributed by atoms with Crippen molar-refractivity contribution in [3.63, 3.8) is 0 Å². The zero-order chi connectivity index (χ0) is 43.7. The second-order valence-electron chi connectivity index (χ2n) is 19.0. The van der Waals surface area contributed by atoms with Crippen LogP contribution in [-0.4, -0.2) is 0 Å². The fourth-order valence-corrected chi connectivity index (χ4v) is 12.4. The molecule has 0 bridgehead atoms. The summed E-state index contributed by atoms with van der Waals surface area (Å²) in [6, 6.07) is 68.8. The van der Waals surface area contributed by atoms with Gasteiger partial charge in [0.15, 0.2) is 0 Å². The van der Waals surface area contributed by atoms with Crippen molar-refractivity contribution in [2.45, 2.75) is 24.7 Å². The van der Waals surface area contributed by atoms with Crippen LogP contribution in [0.5, 0.6) is 0 Å². The van der Waals surface area contributed by atoms with E-state index < -0.39 is 0 Å². The molecule has 3 aliphatic rings. The van der Waals surface area contributed by atoms with E-state index in [-0.39, 0.29) is 5.92 Å². The van der Waals surface area contributed by atoms with Gasteiger partial charge in [-0.2, -0.15) is 0 Å². The van der Waals surface area contributed by atoms with Crippen molar-refractivity contribution in [2.24, 2.45) is 0 Å². The van der Waals surface area contributed by atoms with Gasteiger partial charge in [0.05, 0.1) is 0 Å².